The molecule has 1 unspecified atom stereocenters. The van der Waals surface area contributed by atoms with Gasteiger partial charge in [0.2, 0.25) is 5.91 Å². The maximum absolute atomic E-state index is 12.9. The van der Waals surface area contributed by atoms with Crippen LogP contribution in [0.15, 0.2) is 12.1 Å². The number of alkyl halides is 3. The first kappa shape index (κ1) is 22.4. The summed E-state index contributed by atoms with van der Waals surface area (Å²) in [6, 6.07) is -0.136. The van der Waals surface area contributed by atoms with Gasteiger partial charge in [0, 0.05) is 14.1 Å². The molecule has 1 atom stereocenters. The van der Waals surface area contributed by atoms with Crippen LogP contribution in [0.1, 0.15) is 17.3 Å². The quantitative estimate of drug-likeness (QED) is 0.353. The molecule has 1 aromatic rings. The van der Waals surface area contributed by atoms with Crippen LogP contribution >= 0.6 is 45.2 Å². The maximum atomic E-state index is 12.9. The molecule has 0 fully saturated rings. The molecular weight excluding hydrogens is 595 g/mol. The number of carbonyl (C=O) groups excluding carboxylic acids is 2. The molecular formula is C12H11F3I2N2O5S. The highest BCUT2D eigenvalue weighted by Crippen LogP contribution is 2.26. The van der Waals surface area contributed by atoms with Crippen LogP contribution in [0.5, 0.6) is 0 Å². The molecule has 0 aliphatic rings. The number of amides is 2. The van der Waals surface area contributed by atoms with Crippen LogP contribution in [0.25, 0.3) is 0 Å². The van der Waals surface area contributed by atoms with Gasteiger partial charge in [0.25, 0.3) is 16.0 Å². The molecule has 0 saturated carbocycles. The summed E-state index contributed by atoms with van der Waals surface area (Å²) in [4.78, 5) is 23.3. The van der Waals surface area contributed by atoms with E-state index in [1.54, 1.807) is 27.9 Å². The fraction of sp³-hybridized carbons (Fsp3) is 0.333. The zero-order valence-corrected chi connectivity index (χ0v) is 17.4. The molecule has 1 rings (SSSR count). The van der Waals surface area contributed by atoms with Gasteiger partial charge in [-0.3, -0.25) is 14.1 Å². The number of benzene rings is 1. The number of rotatable bonds is 5. The van der Waals surface area contributed by atoms with Crippen LogP contribution in [-0.4, -0.2) is 42.8 Å². The van der Waals surface area contributed by atoms with Crippen LogP contribution in [0.4, 0.5) is 18.9 Å². The first-order valence-corrected chi connectivity index (χ1v) is 10.1. The molecule has 25 heavy (non-hydrogen) atoms. The van der Waals surface area contributed by atoms with Crippen molar-refractivity contribution in [2.24, 2.45) is 0 Å². The van der Waals surface area contributed by atoms with Crippen LogP contribution < -0.4 is 10.6 Å². The summed E-state index contributed by atoms with van der Waals surface area (Å²) in [5, 5.41) is 3.98. The second-order valence-corrected chi connectivity index (χ2v) is 8.63. The number of hydrogen-bond acceptors (Lipinski definition) is 4. The van der Waals surface area contributed by atoms with E-state index in [1.807, 2.05) is 22.6 Å². The highest BCUT2D eigenvalue weighted by molar-refractivity contribution is 14.1. The minimum Gasteiger partial charge on any atom is -0.339 e. The summed E-state index contributed by atoms with van der Waals surface area (Å²) in [6.07, 6.45) is -5.08. The van der Waals surface area contributed by atoms with E-state index in [2.05, 4.69) is 5.32 Å². The Labute approximate surface area is 168 Å². The van der Waals surface area contributed by atoms with E-state index in [0.717, 1.165) is 0 Å². The molecule has 0 aromatic heterocycles. The normalized spacial score (nSPS) is 13.2. The van der Waals surface area contributed by atoms with E-state index in [0.29, 0.717) is 7.14 Å². The van der Waals surface area contributed by atoms with Crippen molar-refractivity contribution in [1.82, 2.24) is 5.32 Å². The molecule has 7 nitrogen and oxygen atoms in total. The molecule has 13 heteroatoms. The molecule has 0 saturated heterocycles. The average Bonchev–Trinajstić information content (AvgIpc) is 2.37. The molecule has 140 valence electrons. The third kappa shape index (κ3) is 7.22. The van der Waals surface area contributed by atoms with Gasteiger partial charge in [0.15, 0.2) is 0 Å². The van der Waals surface area contributed by atoms with Gasteiger partial charge in [-0.15, -0.1) is 0 Å². The molecule has 3 N–H and O–H groups in total. The van der Waals surface area contributed by atoms with Gasteiger partial charge in [-0.25, -0.2) is 0 Å². The lowest BCUT2D eigenvalue weighted by Gasteiger charge is -2.21. The summed E-state index contributed by atoms with van der Waals surface area (Å²) in [7, 11) is -4.97. The molecule has 0 radical (unpaired) electrons. The van der Waals surface area contributed by atoms with Crippen LogP contribution in [0.3, 0.4) is 0 Å². The SMILES string of the molecule is CC(=O)Nc1cc(C(=O)NC(CS(=O)(=O)O)C(F)(F)F)c(I)cc1I. The van der Waals surface area contributed by atoms with Crippen molar-refractivity contribution < 1.29 is 35.7 Å². The molecule has 0 aliphatic heterocycles. The molecule has 1 aromatic carbocycles. The van der Waals surface area contributed by atoms with Gasteiger partial charge >= 0.3 is 6.18 Å². The van der Waals surface area contributed by atoms with Gasteiger partial charge in [0.1, 0.15) is 11.8 Å². The topological polar surface area (TPSA) is 113 Å². The van der Waals surface area contributed by atoms with E-state index >= 15 is 0 Å². The smallest absolute Gasteiger partial charge is 0.339 e. The fourth-order valence-corrected chi connectivity index (χ4v) is 4.28. The highest BCUT2D eigenvalue weighted by atomic mass is 127. The van der Waals surface area contributed by atoms with Crippen molar-refractivity contribution in [1.29, 1.82) is 0 Å². The van der Waals surface area contributed by atoms with Gasteiger partial charge < -0.3 is 10.6 Å². The molecule has 0 spiro atoms. The Morgan fingerprint density at radius 1 is 1.24 bits per heavy atom. The van der Waals surface area contributed by atoms with Crippen molar-refractivity contribution >= 4 is 72.8 Å². The summed E-state index contributed by atoms with van der Waals surface area (Å²) in [6.45, 7) is 1.22. The number of hydrogen-bond donors (Lipinski definition) is 3. The van der Waals surface area contributed by atoms with Crippen molar-refractivity contribution in [2.45, 2.75) is 19.1 Å². The van der Waals surface area contributed by atoms with Gasteiger partial charge in [0.05, 0.1) is 11.3 Å². The molecule has 0 heterocycles. The van der Waals surface area contributed by atoms with Gasteiger partial charge in [-0.2, -0.15) is 21.6 Å². The Kier molecular flexibility index (Phi) is 7.46. The minimum atomic E-state index is -5.08. The first-order chi connectivity index (χ1) is 11.2. The van der Waals surface area contributed by atoms with Crippen LogP contribution in [0.2, 0.25) is 0 Å². The largest absolute Gasteiger partial charge is 0.409 e. The van der Waals surface area contributed by atoms with Gasteiger partial charge in [-0.05, 0) is 57.3 Å². The van der Waals surface area contributed by atoms with Crippen LogP contribution in [0, 0.1) is 7.14 Å². The lowest BCUT2D eigenvalue weighted by molar-refractivity contribution is -0.148. The van der Waals surface area contributed by atoms with E-state index in [9.17, 15) is 31.2 Å². The van der Waals surface area contributed by atoms with Crippen molar-refractivity contribution in [3.8, 4) is 0 Å². The molecule has 2 amide bonds. The Bertz CT molecular complexity index is 799. The van der Waals surface area contributed by atoms with Crippen molar-refractivity contribution in [3.63, 3.8) is 0 Å². The Balaban J connectivity index is 3.18. The summed E-state index contributed by atoms with van der Waals surface area (Å²) in [5.74, 6) is -3.34. The Morgan fingerprint density at radius 3 is 2.24 bits per heavy atom. The Hall–Kier alpha value is -0.680. The van der Waals surface area contributed by atoms with E-state index in [-0.39, 0.29) is 11.3 Å². The monoisotopic (exact) mass is 606 g/mol. The van der Waals surface area contributed by atoms with Gasteiger partial charge in [-0.1, -0.05) is 0 Å². The zero-order valence-electron chi connectivity index (χ0n) is 12.3. The van der Waals surface area contributed by atoms with E-state index in [1.165, 1.54) is 19.1 Å². The third-order valence-electron chi connectivity index (χ3n) is 2.69. The molecule has 0 aliphatic carbocycles. The summed E-state index contributed by atoms with van der Waals surface area (Å²) < 4.78 is 69.7. The zero-order chi connectivity index (χ0) is 19.6. The number of anilines is 1. The molecule has 0 bridgehead atoms. The summed E-state index contributed by atoms with van der Waals surface area (Å²) >= 11 is 3.59. The summed E-state index contributed by atoms with van der Waals surface area (Å²) in [5.41, 5.74) is 0.0337. The predicted molar refractivity (Wildman–Crippen MR) is 99.9 cm³/mol. The van der Waals surface area contributed by atoms with Crippen molar-refractivity contribution in [3.05, 3.63) is 24.8 Å². The highest BCUT2D eigenvalue weighted by Gasteiger charge is 2.43. The number of halogens is 5. The van der Waals surface area contributed by atoms with E-state index in [4.69, 9.17) is 4.55 Å². The Morgan fingerprint density at radius 2 is 1.80 bits per heavy atom. The average molecular weight is 606 g/mol. The van der Waals surface area contributed by atoms with Crippen molar-refractivity contribution in [2.75, 3.05) is 11.1 Å². The van der Waals surface area contributed by atoms with E-state index < -0.39 is 39.9 Å². The maximum Gasteiger partial charge on any atom is 0.409 e. The standard InChI is InChI=1S/C12H11F3I2N2O5S/c1-5(20)18-9-2-6(7(16)3-8(9)17)11(21)19-10(12(13,14)15)4-25(22,23)24/h2-3,10H,4H2,1H3,(H,18,20)(H,19,21)(H,22,23,24). The van der Waals surface area contributed by atoms with Crippen LogP contribution in [-0.2, 0) is 14.9 Å². The predicted octanol–water partition coefficient (Wildman–Crippen LogP) is 2.40. The lowest BCUT2D eigenvalue weighted by atomic mass is 10.1. The number of nitrogens with one attached hydrogen (secondary N) is 2. The number of carbonyl (C=O) groups is 2. The fourth-order valence-electron chi connectivity index (χ4n) is 1.67. The minimum absolute atomic E-state index is 0.186. The second kappa shape index (κ2) is 8.34. The third-order valence-corrected chi connectivity index (χ3v) is 5.23. The first-order valence-electron chi connectivity index (χ1n) is 6.30. The lowest BCUT2D eigenvalue weighted by Crippen LogP contribution is -2.49. The second-order valence-electron chi connectivity index (χ2n) is 4.81.